The number of alkyl halides is 3. The van der Waals surface area contributed by atoms with Crippen molar-refractivity contribution in [3.05, 3.63) is 84.3 Å². The Morgan fingerprint density at radius 3 is 2.38 bits per heavy atom. The highest BCUT2D eigenvalue weighted by Gasteiger charge is 2.36. The van der Waals surface area contributed by atoms with E-state index < -0.39 is 15.9 Å². The molecule has 0 spiro atoms. The quantitative estimate of drug-likeness (QED) is 0.223. The van der Waals surface area contributed by atoms with E-state index in [1.54, 1.807) is 36.5 Å². The van der Waals surface area contributed by atoms with Crippen LogP contribution in [0.3, 0.4) is 0 Å². The number of nitrogens with zero attached hydrogens (tertiary/aromatic N) is 1. The van der Waals surface area contributed by atoms with Crippen molar-refractivity contribution in [2.75, 3.05) is 5.43 Å². The second-order valence-electron chi connectivity index (χ2n) is 5.80. The van der Waals surface area contributed by atoms with Crippen molar-refractivity contribution in [1.82, 2.24) is 5.32 Å². The first-order valence-electron chi connectivity index (χ1n) is 8.44. The van der Waals surface area contributed by atoms with Crippen molar-refractivity contribution in [2.24, 2.45) is 5.10 Å². The zero-order valence-electron chi connectivity index (χ0n) is 14.9. The van der Waals surface area contributed by atoms with E-state index in [1.807, 2.05) is 30.3 Å². The predicted molar refractivity (Wildman–Crippen MR) is 115 cm³/mol. The number of nitrogens with one attached hydrogen (secondary N) is 2. The minimum Gasteiger partial charge on any atom is -0.466 e. The highest BCUT2D eigenvalue weighted by atomic mass is 35.6. The van der Waals surface area contributed by atoms with E-state index in [1.165, 1.54) is 12.3 Å². The van der Waals surface area contributed by atoms with Crippen molar-refractivity contribution in [1.29, 1.82) is 0 Å². The van der Waals surface area contributed by atoms with Gasteiger partial charge in [0.2, 0.25) is 10.0 Å². The largest absolute Gasteiger partial charge is 0.466 e. The number of halogens is 3. The van der Waals surface area contributed by atoms with E-state index >= 15 is 0 Å². The summed E-state index contributed by atoms with van der Waals surface area (Å²) < 4.78 is 8.77. The summed E-state index contributed by atoms with van der Waals surface area (Å²) >= 11 is 17.8. The Morgan fingerprint density at radius 2 is 1.76 bits per heavy atom. The van der Waals surface area contributed by atoms with Crippen LogP contribution in [0.5, 0.6) is 5.75 Å². The van der Waals surface area contributed by atoms with Crippen molar-refractivity contribution in [3.63, 3.8) is 0 Å². The van der Waals surface area contributed by atoms with Crippen LogP contribution in [0.25, 0.3) is 0 Å². The third-order valence-electron chi connectivity index (χ3n) is 3.62. The molecular weight excluding hydrogens is 437 g/mol. The molecule has 9 heteroatoms. The molecule has 150 valence electrons. The van der Waals surface area contributed by atoms with Crippen LogP contribution in [-0.2, 0) is 0 Å². The van der Waals surface area contributed by atoms with E-state index in [2.05, 4.69) is 15.8 Å². The zero-order chi connectivity index (χ0) is 20.7. The normalized spacial score (nSPS) is 12.5. The van der Waals surface area contributed by atoms with Crippen molar-refractivity contribution >= 4 is 52.6 Å². The first-order valence-corrected chi connectivity index (χ1v) is 9.57. The number of furan rings is 1. The van der Waals surface area contributed by atoms with Crippen LogP contribution in [-0.4, -0.2) is 22.1 Å². The highest BCUT2D eigenvalue weighted by molar-refractivity contribution is 6.68. The predicted octanol–water partition coefficient (Wildman–Crippen LogP) is 5.23. The molecule has 0 fully saturated rings. The number of hydrogen-bond donors (Lipinski definition) is 2. The SMILES string of the molecule is O=C(NC(Oc1ccc(/C=N/Nc2ccccc2)cc1)C(Cl)(Cl)Cl)c1ccco1. The molecule has 3 aromatic rings. The van der Waals surface area contributed by atoms with E-state index in [0.717, 1.165) is 11.3 Å². The molecule has 1 unspecified atom stereocenters. The molecule has 3 rings (SSSR count). The second kappa shape index (κ2) is 9.69. The molecule has 0 aliphatic heterocycles. The van der Waals surface area contributed by atoms with Crippen LogP contribution in [0.4, 0.5) is 5.69 Å². The Labute approximate surface area is 182 Å². The van der Waals surface area contributed by atoms with Crippen LogP contribution in [0.2, 0.25) is 0 Å². The number of amides is 1. The summed E-state index contributed by atoms with van der Waals surface area (Å²) in [6, 6.07) is 19.5. The summed E-state index contributed by atoms with van der Waals surface area (Å²) in [6.07, 6.45) is 1.79. The van der Waals surface area contributed by atoms with Gasteiger partial charge in [0.15, 0.2) is 5.76 Å². The van der Waals surface area contributed by atoms with Gasteiger partial charge in [-0.15, -0.1) is 0 Å². The summed E-state index contributed by atoms with van der Waals surface area (Å²) in [5, 5.41) is 6.65. The summed E-state index contributed by atoms with van der Waals surface area (Å²) in [4.78, 5) is 12.2. The fraction of sp³-hybridized carbons (Fsp3) is 0.100. The Morgan fingerprint density at radius 1 is 1.03 bits per heavy atom. The van der Waals surface area contributed by atoms with Gasteiger partial charge in [-0.3, -0.25) is 10.2 Å². The van der Waals surface area contributed by atoms with Crippen molar-refractivity contribution < 1.29 is 13.9 Å². The van der Waals surface area contributed by atoms with Crippen LogP contribution in [0, 0.1) is 0 Å². The van der Waals surface area contributed by atoms with Gasteiger partial charge in [-0.2, -0.15) is 5.10 Å². The summed E-state index contributed by atoms with van der Waals surface area (Å²) in [6.45, 7) is 0. The molecule has 2 N–H and O–H groups in total. The van der Waals surface area contributed by atoms with Crippen LogP contribution >= 0.6 is 34.8 Å². The average molecular weight is 453 g/mol. The fourth-order valence-corrected chi connectivity index (χ4v) is 2.54. The number of rotatable bonds is 7. The molecule has 1 amide bonds. The van der Waals surface area contributed by atoms with Gasteiger partial charge in [0.05, 0.1) is 18.2 Å². The lowest BCUT2D eigenvalue weighted by Crippen LogP contribution is -2.47. The number of para-hydroxylation sites is 1. The Bertz CT molecular complexity index is 941. The van der Waals surface area contributed by atoms with Gasteiger partial charge < -0.3 is 14.5 Å². The molecule has 1 atom stereocenters. The molecule has 1 aromatic heterocycles. The number of carbonyl (C=O) groups is 1. The van der Waals surface area contributed by atoms with Crippen LogP contribution in [0.1, 0.15) is 16.1 Å². The molecule has 2 aromatic carbocycles. The van der Waals surface area contributed by atoms with E-state index in [-0.39, 0.29) is 5.76 Å². The average Bonchev–Trinajstić information content (AvgIpc) is 3.24. The number of carbonyl (C=O) groups excluding carboxylic acids is 1. The number of ether oxygens (including phenoxy) is 1. The van der Waals surface area contributed by atoms with Crippen molar-refractivity contribution in [2.45, 2.75) is 10.0 Å². The molecule has 0 radical (unpaired) electrons. The Balaban J connectivity index is 1.62. The molecule has 1 heterocycles. The van der Waals surface area contributed by atoms with Crippen LogP contribution in [0.15, 0.2) is 82.5 Å². The molecule has 29 heavy (non-hydrogen) atoms. The maximum Gasteiger partial charge on any atom is 0.289 e. The van der Waals surface area contributed by atoms with Gasteiger partial charge in [-0.05, 0) is 54.1 Å². The minimum absolute atomic E-state index is 0.0744. The van der Waals surface area contributed by atoms with E-state index in [9.17, 15) is 4.79 Å². The first kappa shape index (κ1) is 21.0. The second-order valence-corrected chi connectivity index (χ2v) is 8.16. The molecule has 6 nitrogen and oxygen atoms in total. The van der Waals surface area contributed by atoms with Gasteiger partial charge >= 0.3 is 0 Å². The van der Waals surface area contributed by atoms with Crippen molar-refractivity contribution in [3.8, 4) is 5.75 Å². The number of benzene rings is 2. The van der Waals surface area contributed by atoms with Gasteiger partial charge in [0, 0.05) is 0 Å². The van der Waals surface area contributed by atoms with Gasteiger partial charge in [0.1, 0.15) is 5.75 Å². The molecule has 0 saturated carbocycles. The maximum absolute atomic E-state index is 12.2. The number of anilines is 1. The summed E-state index contributed by atoms with van der Waals surface area (Å²) in [7, 11) is 0. The van der Waals surface area contributed by atoms with Gasteiger partial charge in [0.25, 0.3) is 5.91 Å². The van der Waals surface area contributed by atoms with Gasteiger partial charge in [-0.25, -0.2) is 0 Å². The molecular formula is C20H16Cl3N3O3. The minimum atomic E-state index is -1.90. The summed E-state index contributed by atoms with van der Waals surface area (Å²) in [5.41, 5.74) is 4.63. The number of hydrazone groups is 1. The topological polar surface area (TPSA) is 75.9 Å². The lowest BCUT2D eigenvalue weighted by Gasteiger charge is -2.25. The highest BCUT2D eigenvalue weighted by Crippen LogP contribution is 2.32. The third-order valence-corrected chi connectivity index (χ3v) is 4.21. The fourth-order valence-electron chi connectivity index (χ4n) is 2.24. The number of hydrogen-bond acceptors (Lipinski definition) is 5. The van der Waals surface area contributed by atoms with E-state index in [0.29, 0.717) is 5.75 Å². The van der Waals surface area contributed by atoms with E-state index in [4.69, 9.17) is 44.0 Å². The lowest BCUT2D eigenvalue weighted by atomic mass is 10.2. The monoisotopic (exact) mass is 451 g/mol. The zero-order valence-corrected chi connectivity index (χ0v) is 17.2. The smallest absolute Gasteiger partial charge is 0.289 e. The lowest BCUT2D eigenvalue weighted by molar-refractivity contribution is 0.0805. The molecule has 0 saturated heterocycles. The maximum atomic E-state index is 12.2. The Hall–Kier alpha value is -2.67. The van der Waals surface area contributed by atoms with Gasteiger partial charge in [-0.1, -0.05) is 53.0 Å². The standard InChI is InChI=1S/C20H16Cl3N3O3/c21-20(22,23)19(25-18(27)17-7-4-12-28-17)29-16-10-8-14(9-11-16)13-24-26-15-5-2-1-3-6-15/h1-13,19,26H,(H,25,27)/b24-13+. The first-order chi connectivity index (χ1) is 13.9. The summed E-state index contributed by atoms with van der Waals surface area (Å²) in [5.74, 6) is -0.0957. The third kappa shape index (κ3) is 6.42. The molecule has 0 aliphatic rings. The molecule has 0 aliphatic carbocycles. The molecule has 0 bridgehead atoms. The van der Waals surface area contributed by atoms with Crippen LogP contribution < -0.4 is 15.5 Å². The Kier molecular flexibility index (Phi) is 7.04.